The lowest BCUT2D eigenvalue weighted by Gasteiger charge is -2.20. The van der Waals surface area contributed by atoms with Crippen molar-refractivity contribution < 1.29 is 9.59 Å². The molecule has 0 saturated carbocycles. The topological polar surface area (TPSA) is 122 Å². The van der Waals surface area contributed by atoms with Crippen LogP contribution in [0.1, 0.15) is 10.9 Å². The summed E-state index contributed by atoms with van der Waals surface area (Å²) in [7, 11) is 0. The molecule has 0 saturated heterocycles. The molecule has 2 aromatic carbocycles. The third kappa shape index (κ3) is 5.64. The minimum absolute atomic E-state index is 0.379. The monoisotopic (exact) mass is 493 g/mol. The van der Waals surface area contributed by atoms with E-state index in [0.29, 0.717) is 40.3 Å². The van der Waals surface area contributed by atoms with E-state index < -0.39 is 12.1 Å². The third-order valence-electron chi connectivity index (χ3n) is 4.92. The Kier molecular flexibility index (Phi) is 7.27. The summed E-state index contributed by atoms with van der Waals surface area (Å²) in [5.41, 5.74) is 1.96. The second-order valence-electron chi connectivity index (χ2n) is 7.18. The van der Waals surface area contributed by atoms with Crippen LogP contribution in [0.15, 0.2) is 71.0 Å². The summed E-state index contributed by atoms with van der Waals surface area (Å²) in [6.07, 6.45) is 1.88. The van der Waals surface area contributed by atoms with Gasteiger partial charge in [0.25, 0.3) is 5.91 Å². The van der Waals surface area contributed by atoms with Gasteiger partial charge in [0.2, 0.25) is 5.96 Å². The van der Waals surface area contributed by atoms with Gasteiger partial charge in [0.15, 0.2) is 6.19 Å². The Labute approximate surface area is 205 Å². The molecule has 4 N–H and O–H groups in total. The van der Waals surface area contributed by atoms with E-state index in [9.17, 15) is 9.59 Å². The molecule has 3 aromatic rings. The lowest BCUT2D eigenvalue weighted by atomic mass is 10.2. The fourth-order valence-corrected chi connectivity index (χ4v) is 4.25. The third-order valence-corrected chi connectivity index (χ3v) is 6.11. The second-order valence-corrected chi connectivity index (χ2v) is 8.60. The van der Waals surface area contributed by atoms with Crippen molar-refractivity contribution in [1.29, 1.82) is 5.26 Å². The molecule has 1 aliphatic rings. The molecule has 0 aliphatic carbocycles. The van der Waals surface area contributed by atoms with Gasteiger partial charge in [0.05, 0.1) is 6.54 Å². The predicted molar refractivity (Wildman–Crippen MR) is 134 cm³/mol. The number of urea groups is 1. The van der Waals surface area contributed by atoms with Crippen molar-refractivity contribution in [3.8, 4) is 6.19 Å². The number of amides is 3. The van der Waals surface area contributed by atoms with E-state index in [1.54, 1.807) is 42.5 Å². The minimum atomic E-state index is -0.885. The van der Waals surface area contributed by atoms with Gasteiger partial charge in [-0.25, -0.2) is 4.79 Å². The molecule has 172 valence electrons. The van der Waals surface area contributed by atoms with Crippen molar-refractivity contribution in [2.75, 3.05) is 28.6 Å². The lowest BCUT2D eigenvalue weighted by molar-refractivity contribution is -0.118. The van der Waals surface area contributed by atoms with E-state index in [-0.39, 0.29) is 5.91 Å². The molecule has 0 bridgehead atoms. The van der Waals surface area contributed by atoms with E-state index >= 15 is 0 Å². The number of guanidine groups is 1. The van der Waals surface area contributed by atoms with Gasteiger partial charge in [-0.2, -0.15) is 5.26 Å². The van der Waals surface area contributed by atoms with Gasteiger partial charge in [-0.3, -0.25) is 15.1 Å². The number of halogens is 1. The largest absolute Gasteiger partial charge is 0.324 e. The summed E-state index contributed by atoms with van der Waals surface area (Å²) in [6.45, 7) is 1.25. The van der Waals surface area contributed by atoms with E-state index in [1.807, 2.05) is 34.7 Å². The summed E-state index contributed by atoms with van der Waals surface area (Å²) in [4.78, 5) is 32.5. The summed E-state index contributed by atoms with van der Waals surface area (Å²) in [5.74, 6) is 0.115. The predicted octanol–water partition coefficient (Wildman–Crippen LogP) is 4.15. The zero-order valence-corrected chi connectivity index (χ0v) is 19.4. The highest BCUT2D eigenvalue weighted by atomic mass is 35.5. The summed E-state index contributed by atoms with van der Waals surface area (Å²) >= 11 is 7.25. The zero-order chi connectivity index (χ0) is 23.9. The Morgan fingerprint density at radius 2 is 1.76 bits per heavy atom. The smallest absolute Gasteiger partial charge is 0.320 e. The number of aliphatic imine (C=N–C) groups is 1. The van der Waals surface area contributed by atoms with Crippen LogP contribution in [0.25, 0.3) is 0 Å². The van der Waals surface area contributed by atoms with Crippen LogP contribution in [0.5, 0.6) is 0 Å². The number of hydrogen-bond acceptors (Lipinski definition) is 7. The first-order valence-corrected chi connectivity index (χ1v) is 11.5. The Bertz CT molecular complexity index is 1220. The van der Waals surface area contributed by atoms with Gasteiger partial charge in [0, 0.05) is 33.5 Å². The average molecular weight is 494 g/mol. The zero-order valence-electron chi connectivity index (χ0n) is 17.8. The van der Waals surface area contributed by atoms with E-state index in [0.717, 1.165) is 5.69 Å². The molecule has 9 nitrogen and oxygen atoms in total. The van der Waals surface area contributed by atoms with Crippen molar-refractivity contribution in [2.24, 2.45) is 4.99 Å². The highest BCUT2D eigenvalue weighted by Crippen LogP contribution is 2.24. The number of nitrogens with zero attached hydrogens (tertiary/aromatic N) is 3. The number of rotatable bonds is 6. The van der Waals surface area contributed by atoms with Crippen LogP contribution in [0.2, 0.25) is 5.02 Å². The van der Waals surface area contributed by atoms with Crippen molar-refractivity contribution in [1.82, 2.24) is 10.6 Å². The molecule has 1 aliphatic heterocycles. The molecule has 3 amide bonds. The number of anilines is 3. The van der Waals surface area contributed by atoms with Crippen LogP contribution in [0, 0.1) is 11.5 Å². The van der Waals surface area contributed by atoms with Crippen LogP contribution >= 0.6 is 22.9 Å². The number of nitriles is 1. The summed E-state index contributed by atoms with van der Waals surface area (Å²) in [5, 5.41) is 22.1. The maximum absolute atomic E-state index is 13.1. The molecule has 1 atom stereocenters. The minimum Gasteiger partial charge on any atom is -0.324 e. The van der Waals surface area contributed by atoms with Crippen molar-refractivity contribution in [3.63, 3.8) is 0 Å². The van der Waals surface area contributed by atoms with Gasteiger partial charge in [-0.05, 0) is 60.0 Å². The van der Waals surface area contributed by atoms with Crippen LogP contribution in [0.3, 0.4) is 0 Å². The lowest BCUT2D eigenvalue weighted by Crippen LogP contribution is -2.39. The highest BCUT2D eigenvalue weighted by Gasteiger charge is 2.24. The SMILES string of the molecule is N#CNC1=NCCN1c1ccc(NC(=O)C(NC(=O)Nc2ccc(Cl)cc2)c2cccs2)cc1. The number of benzene rings is 2. The first kappa shape index (κ1) is 23.1. The molecular weight excluding hydrogens is 474 g/mol. The average Bonchev–Trinajstić information content (AvgIpc) is 3.52. The van der Waals surface area contributed by atoms with Crippen LogP contribution in [0.4, 0.5) is 21.9 Å². The standard InChI is InChI=1S/C23H20ClN7O2S/c24-15-3-5-17(6-4-15)29-23(33)30-20(19-2-1-13-34-19)21(32)28-16-7-9-18(10-8-16)31-12-11-26-22(31)27-14-25/h1-10,13,20H,11-12H2,(H,26,27)(H,28,32)(H2,29,30,33). The Hall–Kier alpha value is -4.07. The summed E-state index contributed by atoms with van der Waals surface area (Å²) in [6, 6.07) is 16.1. The van der Waals surface area contributed by atoms with Crippen LogP contribution < -0.4 is 26.2 Å². The molecule has 1 aromatic heterocycles. The van der Waals surface area contributed by atoms with E-state index in [4.69, 9.17) is 16.9 Å². The molecule has 11 heteroatoms. The first-order chi connectivity index (χ1) is 16.5. The number of thiophene rings is 1. The number of nitrogens with one attached hydrogen (secondary N) is 4. The Morgan fingerprint density at radius 1 is 1.06 bits per heavy atom. The molecular formula is C23H20ClN7O2S. The van der Waals surface area contributed by atoms with Crippen molar-refractivity contribution >= 4 is 57.9 Å². The van der Waals surface area contributed by atoms with Crippen molar-refractivity contribution in [2.45, 2.75) is 6.04 Å². The molecule has 1 unspecified atom stereocenters. The molecule has 34 heavy (non-hydrogen) atoms. The van der Waals surface area contributed by atoms with Gasteiger partial charge in [0.1, 0.15) is 6.04 Å². The highest BCUT2D eigenvalue weighted by molar-refractivity contribution is 7.10. The molecule has 4 rings (SSSR count). The fraction of sp³-hybridized carbons (Fsp3) is 0.130. The quantitative estimate of drug-likeness (QED) is 0.303. The molecule has 0 fully saturated rings. The number of carbonyl (C=O) groups excluding carboxylic acids is 2. The fourth-order valence-electron chi connectivity index (χ4n) is 3.35. The summed E-state index contributed by atoms with van der Waals surface area (Å²) < 4.78 is 0. The Morgan fingerprint density at radius 3 is 2.44 bits per heavy atom. The van der Waals surface area contributed by atoms with Gasteiger partial charge in [-0.1, -0.05) is 17.7 Å². The van der Waals surface area contributed by atoms with Crippen LogP contribution in [-0.4, -0.2) is 31.0 Å². The number of hydrogen-bond donors (Lipinski definition) is 4. The molecule has 2 heterocycles. The second kappa shape index (κ2) is 10.7. The van der Waals surface area contributed by atoms with Gasteiger partial charge >= 0.3 is 6.03 Å². The molecule has 0 radical (unpaired) electrons. The van der Waals surface area contributed by atoms with Crippen molar-refractivity contribution in [3.05, 3.63) is 75.9 Å². The van der Waals surface area contributed by atoms with Crippen LogP contribution in [-0.2, 0) is 4.79 Å². The molecule has 0 spiro atoms. The van der Waals surface area contributed by atoms with Gasteiger partial charge < -0.3 is 20.9 Å². The number of carbonyl (C=O) groups is 2. The maximum atomic E-state index is 13.1. The van der Waals surface area contributed by atoms with E-state index in [1.165, 1.54) is 11.3 Å². The Balaban J connectivity index is 1.43. The van der Waals surface area contributed by atoms with E-state index in [2.05, 4.69) is 26.3 Å². The normalized spacial score (nSPS) is 13.4. The maximum Gasteiger partial charge on any atom is 0.320 e. The van der Waals surface area contributed by atoms with Gasteiger partial charge in [-0.15, -0.1) is 11.3 Å². The first-order valence-electron chi connectivity index (χ1n) is 10.3.